The van der Waals surface area contributed by atoms with E-state index in [-0.39, 0.29) is 6.10 Å². The minimum atomic E-state index is -0.384. The summed E-state index contributed by atoms with van der Waals surface area (Å²) in [5.74, 6) is 2.67. The highest BCUT2D eigenvalue weighted by atomic mass is 16.5. The van der Waals surface area contributed by atoms with Gasteiger partial charge in [0.2, 0.25) is 0 Å². The lowest BCUT2D eigenvalue weighted by Gasteiger charge is -2.32. The van der Waals surface area contributed by atoms with Gasteiger partial charge in [0.15, 0.2) is 6.10 Å². The molecule has 6 heteroatoms. The second-order valence-electron chi connectivity index (χ2n) is 5.15. The largest absolute Gasteiger partial charge is 0.370 e. The monoisotopic (exact) mass is 289 g/mol. The first-order valence-corrected chi connectivity index (χ1v) is 7.57. The Balaban J connectivity index is 2.34. The quantitative estimate of drug-likeness (QED) is 0.892. The third-order valence-electron chi connectivity index (χ3n) is 3.49. The molecule has 0 bridgehead atoms. The molecule has 1 atom stereocenters. The average Bonchev–Trinajstić information content (AvgIpc) is 2.51. The molecular formula is C15H23N5O. The first kappa shape index (κ1) is 15.5. The molecule has 1 aromatic heterocycles. The molecule has 0 saturated carbocycles. The number of aromatic nitrogens is 2. The third-order valence-corrected chi connectivity index (χ3v) is 3.49. The molecule has 2 rings (SSSR count). The minimum Gasteiger partial charge on any atom is -0.370 e. The van der Waals surface area contributed by atoms with Gasteiger partial charge in [-0.2, -0.15) is 5.26 Å². The highest BCUT2D eigenvalue weighted by molar-refractivity contribution is 5.59. The Morgan fingerprint density at radius 3 is 2.90 bits per heavy atom. The molecule has 1 fully saturated rings. The van der Waals surface area contributed by atoms with Crippen LogP contribution in [0.4, 0.5) is 11.6 Å². The molecule has 0 aromatic carbocycles. The molecule has 1 aromatic rings. The van der Waals surface area contributed by atoms with Crippen molar-refractivity contribution in [1.29, 1.82) is 5.26 Å². The first-order valence-electron chi connectivity index (χ1n) is 7.57. The van der Waals surface area contributed by atoms with E-state index in [0.717, 1.165) is 49.0 Å². The fraction of sp³-hybridized carbons (Fsp3) is 0.667. The van der Waals surface area contributed by atoms with Crippen molar-refractivity contribution < 1.29 is 4.74 Å². The Hall–Kier alpha value is -1.87. The predicted molar refractivity (Wildman–Crippen MR) is 82.5 cm³/mol. The number of hydrogen-bond acceptors (Lipinski definition) is 6. The van der Waals surface area contributed by atoms with Gasteiger partial charge in [-0.1, -0.05) is 6.92 Å². The van der Waals surface area contributed by atoms with E-state index in [9.17, 15) is 0 Å². The number of nitrogens with zero attached hydrogens (tertiary/aromatic N) is 4. The van der Waals surface area contributed by atoms with Crippen molar-refractivity contribution in [3.05, 3.63) is 11.4 Å². The van der Waals surface area contributed by atoms with Crippen molar-refractivity contribution >= 4 is 11.6 Å². The number of ether oxygens (including phenoxy) is 1. The van der Waals surface area contributed by atoms with Crippen molar-refractivity contribution in [1.82, 2.24) is 9.97 Å². The van der Waals surface area contributed by atoms with E-state index in [1.165, 1.54) is 0 Å². The summed E-state index contributed by atoms with van der Waals surface area (Å²) in [5.41, 5.74) is 1.04. The van der Waals surface area contributed by atoms with Crippen LogP contribution in [0, 0.1) is 18.3 Å². The van der Waals surface area contributed by atoms with Gasteiger partial charge in [-0.3, -0.25) is 0 Å². The summed E-state index contributed by atoms with van der Waals surface area (Å²) in [5, 5.41) is 12.4. The van der Waals surface area contributed by atoms with Crippen molar-refractivity contribution in [2.45, 2.75) is 39.7 Å². The number of nitriles is 1. The summed E-state index contributed by atoms with van der Waals surface area (Å²) in [4.78, 5) is 11.4. The standard InChI is InChI=1S/C15H23N5O/c1-4-6-13-18-14(17-5-2)11(3)15(19-13)20-7-8-21-12(9-16)10-20/h12H,4-8,10H2,1-3H3,(H,17,18,19). The molecule has 0 spiro atoms. The van der Waals surface area contributed by atoms with Crippen LogP contribution >= 0.6 is 0 Å². The topological polar surface area (TPSA) is 74.1 Å². The van der Waals surface area contributed by atoms with E-state index in [4.69, 9.17) is 15.0 Å². The highest BCUT2D eigenvalue weighted by Crippen LogP contribution is 2.25. The maximum atomic E-state index is 9.06. The van der Waals surface area contributed by atoms with Crippen molar-refractivity contribution in [3.8, 4) is 6.07 Å². The number of nitrogens with one attached hydrogen (secondary N) is 1. The van der Waals surface area contributed by atoms with Gasteiger partial charge in [0.25, 0.3) is 0 Å². The maximum Gasteiger partial charge on any atom is 0.161 e. The Morgan fingerprint density at radius 1 is 1.43 bits per heavy atom. The van der Waals surface area contributed by atoms with Gasteiger partial charge in [0.1, 0.15) is 17.5 Å². The van der Waals surface area contributed by atoms with Crippen molar-refractivity contribution in [2.24, 2.45) is 0 Å². The Morgan fingerprint density at radius 2 is 2.24 bits per heavy atom. The van der Waals surface area contributed by atoms with Gasteiger partial charge in [0, 0.05) is 25.1 Å². The van der Waals surface area contributed by atoms with Gasteiger partial charge in [-0.15, -0.1) is 0 Å². The van der Waals surface area contributed by atoms with Crippen molar-refractivity contribution in [3.63, 3.8) is 0 Å². The van der Waals surface area contributed by atoms with Crippen LogP contribution in [0.3, 0.4) is 0 Å². The normalized spacial score (nSPS) is 18.4. The molecule has 6 nitrogen and oxygen atoms in total. The van der Waals surface area contributed by atoms with Gasteiger partial charge in [-0.05, 0) is 20.3 Å². The van der Waals surface area contributed by atoms with Crippen LogP contribution in [0.2, 0.25) is 0 Å². The van der Waals surface area contributed by atoms with E-state index >= 15 is 0 Å². The summed E-state index contributed by atoms with van der Waals surface area (Å²) in [6, 6.07) is 2.18. The molecule has 114 valence electrons. The van der Waals surface area contributed by atoms with Gasteiger partial charge in [-0.25, -0.2) is 9.97 Å². The van der Waals surface area contributed by atoms with Gasteiger partial charge < -0.3 is 15.0 Å². The van der Waals surface area contributed by atoms with E-state index in [1.807, 2.05) is 6.92 Å². The predicted octanol–water partition coefficient (Wildman–Crippen LogP) is 1.90. The summed E-state index contributed by atoms with van der Waals surface area (Å²) in [6.07, 6.45) is 1.49. The third kappa shape index (κ3) is 3.61. The van der Waals surface area contributed by atoms with Crippen LogP contribution in [0.15, 0.2) is 0 Å². The molecule has 1 unspecified atom stereocenters. The van der Waals surface area contributed by atoms with Crippen LogP contribution < -0.4 is 10.2 Å². The van der Waals surface area contributed by atoms with E-state index in [0.29, 0.717) is 13.2 Å². The summed E-state index contributed by atoms with van der Waals surface area (Å²) >= 11 is 0. The molecule has 0 amide bonds. The van der Waals surface area contributed by atoms with E-state index in [1.54, 1.807) is 0 Å². The first-order chi connectivity index (χ1) is 10.2. The molecule has 1 N–H and O–H groups in total. The molecule has 0 aliphatic carbocycles. The maximum absolute atomic E-state index is 9.06. The molecule has 0 radical (unpaired) electrons. The molecular weight excluding hydrogens is 266 g/mol. The molecule has 21 heavy (non-hydrogen) atoms. The average molecular weight is 289 g/mol. The Kier molecular flexibility index (Phi) is 5.34. The zero-order valence-corrected chi connectivity index (χ0v) is 13.0. The molecule has 2 heterocycles. The SMILES string of the molecule is CCCc1nc(NCC)c(C)c(N2CCOC(C#N)C2)n1. The molecule has 1 aliphatic rings. The second-order valence-corrected chi connectivity index (χ2v) is 5.15. The lowest BCUT2D eigenvalue weighted by Crippen LogP contribution is -2.42. The van der Waals surface area contributed by atoms with E-state index in [2.05, 4.69) is 35.1 Å². The fourth-order valence-electron chi connectivity index (χ4n) is 2.45. The fourth-order valence-corrected chi connectivity index (χ4v) is 2.45. The highest BCUT2D eigenvalue weighted by Gasteiger charge is 2.24. The number of hydrogen-bond donors (Lipinski definition) is 1. The van der Waals surface area contributed by atoms with Gasteiger partial charge in [0.05, 0.1) is 19.2 Å². The Labute approximate surface area is 126 Å². The zero-order chi connectivity index (χ0) is 15.2. The van der Waals surface area contributed by atoms with Crippen LogP contribution in [-0.4, -0.2) is 42.3 Å². The van der Waals surface area contributed by atoms with Gasteiger partial charge >= 0.3 is 0 Å². The lowest BCUT2D eigenvalue weighted by atomic mass is 10.2. The minimum absolute atomic E-state index is 0.384. The zero-order valence-electron chi connectivity index (χ0n) is 13.0. The summed E-state index contributed by atoms with van der Waals surface area (Å²) in [7, 11) is 0. The number of rotatable bonds is 5. The lowest BCUT2D eigenvalue weighted by molar-refractivity contribution is 0.0761. The van der Waals surface area contributed by atoms with Crippen LogP contribution in [0.1, 0.15) is 31.7 Å². The van der Waals surface area contributed by atoms with Crippen LogP contribution in [0.25, 0.3) is 0 Å². The smallest absolute Gasteiger partial charge is 0.161 e. The second kappa shape index (κ2) is 7.23. The van der Waals surface area contributed by atoms with Crippen LogP contribution in [0.5, 0.6) is 0 Å². The van der Waals surface area contributed by atoms with E-state index < -0.39 is 0 Å². The molecule has 1 aliphatic heterocycles. The number of anilines is 2. The summed E-state index contributed by atoms with van der Waals surface area (Å²) < 4.78 is 5.41. The van der Waals surface area contributed by atoms with Crippen LogP contribution in [-0.2, 0) is 11.2 Å². The van der Waals surface area contributed by atoms with Crippen molar-refractivity contribution in [2.75, 3.05) is 36.5 Å². The summed E-state index contributed by atoms with van der Waals surface area (Å²) in [6.45, 7) is 8.91. The Bertz CT molecular complexity index is 526. The number of aryl methyl sites for hydroxylation is 1. The number of morpholine rings is 1. The molecule has 1 saturated heterocycles.